The Morgan fingerprint density at radius 2 is 1.84 bits per heavy atom. The summed E-state index contributed by atoms with van der Waals surface area (Å²) in [5.41, 5.74) is 11.7. The Balaban J connectivity index is 1.74. The van der Waals surface area contributed by atoms with Gasteiger partial charge in [0.2, 0.25) is 0 Å². The van der Waals surface area contributed by atoms with Gasteiger partial charge in [0.05, 0.1) is 0 Å². The van der Waals surface area contributed by atoms with Gasteiger partial charge in [0, 0.05) is 6.04 Å². The lowest BCUT2D eigenvalue weighted by atomic mass is 9.74. The maximum atomic E-state index is 6.60. The van der Waals surface area contributed by atoms with Gasteiger partial charge in [-0.3, -0.25) is 0 Å². The minimum Gasteiger partial charge on any atom is -0.327 e. The highest BCUT2D eigenvalue weighted by Crippen LogP contribution is 2.44. The smallest absolute Gasteiger partial charge is 0.0136 e. The van der Waals surface area contributed by atoms with E-state index in [1.807, 2.05) is 0 Å². The van der Waals surface area contributed by atoms with E-state index in [-0.39, 0.29) is 0 Å². The minimum absolute atomic E-state index is 0.347. The zero-order valence-electron chi connectivity index (χ0n) is 12.3. The van der Waals surface area contributed by atoms with Crippen LogP contribution in [-0.4, -0.2) is 6.04 Å². The van der Waals surface area contributed by atoms with Crippen LogP contribution in [-0.2, 0) is 19.3 Å². The third-order valence-electron chi connectivity index (χ3n) is 5.71. The molecule has 2 aliphatic rings. The van der Waals surface area contributed by atoms with Crippen LogP contribution in [0.5, 0.6) is 0 Å². The Morgan fingerprint density at radius 1 is 1.11 bits per heavy atom. The highest BCUT2D eigenvalue weighted by atomic mass is 14.7. The molecule has 19 heavy (non-hydrogen) atoms. The lowest BCUT2D eigenvalue weighted by Gasteiger charge is -2.34. The van der Waals surface area contributed by atoms with Gasteiger partial charge in [0.1, 0.15) is 0 Å². The fraction of sp³-hybridized carbons (Fsp3) is 0.667. The van der Waals surface area contributed by atoms with E-state index < -0.39 is 0 Å². The molecule has 2 aliphatic carbocycles. The first-order valence-corrected chi connectivity index (χ1v) is 8.10. The molecule has 0 radical (unpaired) electrons. The van der Waals surface area contributed by atoms with Crippen LogP contribution in [0, 0.1) is 5.41 Å². The standard InChI is InChI=1S/C18H27N/c1-2-18(10-3-4-11-18)17(19)13-14-8-9-15-6-5-7-16(15)12-14/h8-9,12,17H,2-7,10-11,13,19H2,1H3. The second-order valence-electron chi connectivity index (χ2n) is 6.69. The normalized spacial score (nSPS) is 22.4. The molecular weight excluding hydrogens is 230 g/mol. The third-order valence-corrected chi connectivity index (χ3v) is 5.71. The summed E-state index contributed by atoms with van der Waals surface area (Å²) in [6.07, 6.45) is 11.7. The zero-order chi connectivity index (χ0) is 13.3. The molecule has 0 spiro atoms. The van der Waals surface area contributed by atoms with Crippen molar-refractivity contribution in [3.8, 4) is 0 Å². The summed E-state index contributed by atoms with van der Waals surface area (Å²) in [5.74, 6) is 0. The summed E-state index contributed by atoms with van der Waals surface area (Å²) in [6.45, 7) is 2.33. The van der Waals surface area contributed by atoms with Crippen molar-refractivity contribution in [2.45, 2.75) is 70.8 Å². The first kappa shape index (κ1) is 13.2. The van der Waals surface area contributed by atoms with E-state index in [9.17, 15) is 0 Å². The van der Waals surface area contributed by atoms with E-state index in [1.54, 1.807) is 11.1 Å². The molecule has 1 unspecified atom stereocenters. The molecule has 1 aromatic rings. The molecule has 1 saturated carbocycles. The van der Waals surface area contributed by atoms with Crippen molar-refractivity contribution in [1.82, 2.24) is 0 Å². The summed E-state index contributed by atoms with van der Waals surface area (Å²) in [4.78, 5) is 0. The predicted molar refractivity (Wildman–Crippen MR) is 81.3 cm³/mol. The van der Waals surface area contributed by atoms with Crippen molar-refractivity contribution in [2.75, 3.05) is 0 Å². The number of fused-ring (bicyclic) bond motifs is 1. The zero-order valence-corrected chi connectivity index (χ0v) is 12.3. The van der Waals surface area contributed by atoms with E-state index in [0.29, 0.717) is 11.5 Å². The number of nitrogens with two attached hydrogens (primary N) is 1. The number of aryl methyl sites for hydroxylation is 2. The van der Waals surface area contributed by atoms with Crippen LogP contribution >= 0.6 is 0 Å². The number of hydrogen-bond donors (Lipinski definition) is 1. The third kappa shape index (κ3) is 2.45. The average Bonchev–Trinajstić information content (AvgIpc) is 3.07. The van der Waals surface area contributed by atoms with Gasteiger partial charge in [-0.25, -0.2) is 0 Å². The van der Waals surface area contributed by atoms with Crippen LogP contribution in [0.4, 0.5) is 0 Å². The molecule has 0 aliphatic heterocycles. The Kier molecular flexibility index (Phi) is 3.66. The first-order chi connectivity index (χ1) is 9.23. The van der Waals surface area contributed by atoms with Crippen molar-refractivity contribution >= 4 is 0 Å². The van der Waals surface area contributed by atoms with E-state index >= 15 is 0 Å². The first-order valence-electron chi connectivity index (χ1n) is 8.10. The van der Waals surface area contributed by atoms with Gasteiger partial charge in [-0.1, -0.05) is 38.0 Å². The molecule has 1 atom stereocenters. The average molecular weight is 257 g/mol. The fourth-order valence-corrected chi connectivity index (χ4v) is 4.29. The second-order valence-corrected chi connectivity index (χ2v) is 6.69. The van der Waals surface area contributed by atoms with Crippen LogP contribution in [0.15, 0.2) is 18.2 Å². The van der Waals surface area contributed by atoms with E-state index in [0.717, 1.165) is 6.42 Å². The molecule has 1 nitrogen and oxygen atoms in total. The minimum atomic E-state index is 0.347. The summed E-state index contributed by atoms with van der Waals surface area (Å²) < 4.78 is 0. The molecule has 1 fully saturated rings. The van der Waals surface area contributed by atoms with Gasteiger partial charge in [-0.2, -0.15) is 0 Å². The molecule has 2 N–H and O–H groups in total. The molecule has 1 heteroatoms. The molecule has 0 heterocycles. The monoisotopic (exact) mass is 257 g/mol. The number of hydrogen-bond acceptors (Lipinski definition) is 1. The van der Waals surface area contributed by atoms with Crippen molar-refractivity contribution in [2.24, 2.45) is 11.1 Å². The summed E-state index contributed by atoms with van der Waals surface area (Å²) in [5, 5.41) is 0. The van der Waals surface area contributed by atoms with Gasteiger partial charge in [0.15, 0.2) is 0 Å². The maximum Gasteiger partial charge on any atom is 0.0136 e. The van der Waals surface area contributed by atoms with Crippen molar-refractivity contribution in [3.63, 3.8) is 0 Å². The largest absolute Gasteiger partial charge is 0.327 e. The Hall–Kier alpha value is -0.820. The fourth-order valence-electron chi connectivity index (χ4n) is 4.29. The van der Waals surface area contributed by atoms with Crippen LogP contribution in [0.1, 0.15) is 62.1 Å². The topological polar surface area (TPSA) is 26.0 Å². The molecule has 1 aromatic carbocycles. The lowest BCUT2D eigenvalue weighted by Crippen LogP contribution is -2.41. The van der Waals surface area contributed by atoms with Crippen LogP contribution in [0.25, 0.3) is 0 Å². The van der Waals surface area contributed by atoms with E-state index in [2.05, 4.69) is 25.1 Å². The molecule has 0 saturated heterocycles. The molecular formula is C18H27N. The molecule has 0 amide bonds. The summed E-state index contributed by atoms with van der Waals surface area (Å²) >= 11 is 0. The molecule has 104 valence electrons. The van der Waals surface area contributed by atoms with E-state index in [4.69, 9.17) is 5.73 Å². The van der Waals surface area contributed by atoms with Crippen LogP contribution in [0.2, 0.25) is 0 Å². The highest BCUT2D eigenvalue weighted by molar-refractivity contribution is 5.35. The van der Waals surface area contributed by atoms with Gasteiger partial charge in [-0.05, 0) is 67.1 Å². The van der Waals surface area contributed by atoms with Crippen molar-refractivity contribution in [1.29, 1.82) is 0 Å². The maximum absolute atomic E-state index is 6.60. The van der Waals surface area contributed by atoms with Gasteiger partial charge in [-0.15, -0.1) is 0 Å². The Morgan fingerprint density at radius 3 is 2.58 bits per heavy atom. The summed E-state index contributed by atoms with van der Waals surface area (Å²) in [7, 11) is 0. The quantitative estimate of drug-likeness (QED) is 0.866. The number of benzene rings is 1. The predicted octanol–water partition coefficient (Wildman–Crippen LogP) is 4.02. The number of rotatable bonds is 4. The SMILES string of the molecule is CCC1(C(N)Cc2ccc3c(c2)CCC3)CCCC1. The second kappa shape index (κ2) is 5.28. The van der Waals surface area contributed by atoms with E-state index in [1.165, 1.54) is 56.9 Å². The van der Waals surface area contributed by atoms with Gasteiger partial charge in [0.25, 0.3) is 0 Å². The lowest BCUT2D eigenvalue weighted by molar-refractivity contribution is 0.219. The highest BCUT2D eigenvalue weighted by Gasteiger charge is 2.37. The Labute approximate surface area is 117 Å². The van der Waals surface area contributed by atoms with Gasteiger partial charge < -0.3 is 5.73 Å². The molecule has 0 aromatic heterocycles. The van der Waals surface area contributed by atoms with Crippen molar-refractivity contribution in [3.05, 3.63) is 34.9 Å². The molecule has 3 rings (SSSR count). The van der Waals surface area contributed by atoms with Gasteiger partial charge >= 0.3 is 0 Å². The van der Waals surface area contributed by atoms with Crippen LogP contribution < -0.4 is 5.73 Å². The Bertz CT molecular complexity index is 443. The van der Waals surface area contributed by atoms with Crippen molar-refractivity contribution < 1.29 is 0 Å². The summed E-state index contributed by atoms with van der Waals surface area (Å²) in [6, 6.07) is 7.44. The van der Waals surface area contributed by atoms with Crippen LogP contribution in [0.3, 0.4) is 0 Å². The molecule has 0 bridgehead atoms.